The Morgan fingerprint density at radius 2 is 0.938 bits per heavy atom. The van der Waals surface area contributed by atoms with Gasteiger partial charge >= 0.3 is 0 Å². The van der Waals surface area contributed by atoms with Crippen molar-refractivity contribution in [3.05, 3.63) is 0 Å². The minimum absolute atomic E-state index is 0. The highest BCUT2D eigenvalue weighted by atomic mass is 35.5. The van der Waals surface area contributed by atoms with Crippen LogP contribution in [0.2, 0.25) is 0 Å². The summed E-state index contributed by atoms with van der Waals surface area (Å²) in [5.74, 6) is 0. The third-order valence-corrected chi connectivity index (χ3v) is 3.92. The fourth-order valence-electron chi connectivity index (χ4n) is 2.74. The zero-order chi connectivity index (χ0) is 11.1. The molecule has 1 nitrogen and oxygen atoms in total. The van der Waals surface area contributed by atoms with Gasteiger partial charge in [-0.1, -0.05) is 38.5 Å². The predicted molar refractivity (Wildman–Crippen MR) is 68.0 cm³/mol. The molecule has 1 saturated carbocycles. The zero-order valence-corrected chi connectivity index (χ0v) is 12.2. The molecule has 16 heavy (non-hydrogen) atoms. The molecule has 0 aromatic rings. The third-order valence-electron chi connectivity index (χ3n) is 3.92. The summed E-state index contributed by atoms with van der Waals surface area (Å²) >= 11 is 0. The molecule has 0 amide bonds. The van der Waals surface area contributed by atoms with Gasteiger partial charge in [-0.3, -0.25) is 0 Å². The molecule has 0 bridgehead atoms. The summed E-state index contributed by atoms with van der Waals surface area (Å²) in [6, 6.07) is 0.906. The van der Waals surface area contributed by atoms with Gasteiger partial charge in [0, 0.05) is 0 Å². The monoisotopic (exact) mass is 247 g/mol. The number of hydrogen-bond acceptors (Lipinski definition) is 0. The molecule has 0 heterocycles. The van der Waals surface area contributed by atoms with Crippen molar-refractivity contribution in [1.29, 1.82) is 0 Å². The highest BCUT2D eigenvalue weighted by Crippen LogP contribution is 2.21. The molecule has 1 aliphatic rings. The molecule has 1 aliphatic carbocycles. The fraction of sp³-hybridized carbons (Fsp3) is 1.00. The molecule has 0 aliphatic heterocycles. The first kappa shape index (κ1) is 16.2. The van der Waals surface area contributed by atoms with Crippen molar-refractivity contribution in [2.45, 2.75) is 70.3 Å². The summed E-state index contributed by atoms with van der Waals surface area (Å²) in [7, 11) is 7.10. The van der Waals surface area contributed by atoms with Crippen LogP contribution in [0.1, 0.15) is 64.2 Å². The topological polar surface area (TPSA) is 0 Å². The van der Waals surface area contributed by atoms with Crippen LogP contribution in [0.15, 0.2) is 0 Å². The number of rotatable bonds is 1. The Morgan fingerprint density at radius 1 is 0.625 bits per heavy atom. The Bertz CT molecular complexity index is 151. The second kappa shape index (κ2) is 8.36. The van der Waals surface area contributed by atoms with Crippen molar-refractivity contribution in [3.8, 4) is 0 Å². The van der Waals surface area contributed by atoms with Gasteiger partial charge in [-0.05, 0) is 25.7 Å². The van der Waals surface area contributed by atoms with Gasteiger partial charge in [0.1, 0.15) is 0 Å². The number of nitrogens with zero attached hydrogens (tertiary/aromatic N) is 1. The second-order valence-corrected chi connectivity index (χ2v) is 6.18. The molecular weight excluding hydrogens is 218 g/mol. The van der Waals surface area contributed by atoms with Crippen molar-refractivity contribution in [3.63, 3.8) is 0 Å². The number of halogens is 1. The molecule has 0 radical (unpaired) electrons. The first-order valence-corrected chi connectivity index (χ1v) is 6.92. The molecule has 0 saturated heterocycles. The summed E-state index contributed by atoms with van der Waals surface area (Å²) in [5, 5.41) is 0. The van der Waals surface area contributed by atoms with E-state index in [0.29, 0.717) is 0 Å². The molecule has 0 unspecified atom stereocenters. The van der Waals surface area contributed by atoms with Crippen molar-refractivity contribution in [2.24, 2.45) is 0 Å². The predicted octanol–water partition coefficient (Wildman–Crippen LogP) is 0.980. The smallest absolute Gasteiger partial charge is 0.0884 e. The summed E-state index contributed by atoms with van der Waals surface area (Å²) in [6.45, 7) is 0. The maximum atomic E-state index is 2.37. The van der Waals surface area contributed by atoms with E-state index >= 15 is 0 Å². The normalized spacial score (nSPS) is 21.9. The highest BCUT2D eigenvalue weighted by Gasteiger charge is 2.22. The Morgan fingerprint density at radius 3 is 1.25 bits per heavy atom. The lowest BCUT2D eigenvalue weighted by molar-refractivity contribution is -0.896. The van der Waals surface area contributed by atoms with Crippen LogP contribution < -0.4 is 12.4 Å². The maximum absolute atomic E-state index is 2.37. The van der Waals surface area contributed by atoms with E-state index in [4.69, 9.17) is 0 Å². The van der Waals surface area contributed by atoms with E-state index in [1.165, 1.54) is 68.7 Å². The van der Waals surface area contributed by atoms with Crippen LogP contribution in [0.4, 0.5) is 0 Å². The Hall–Kier alpha value is 0.250. The second-order valence-electron chi connectivity index (χ2n) is 6.18. The molecule has 1 fully saturated rings. The lowest BCUT2D eigenvalue weighted by Crippen LogP contribution is -3.00. The van der Waals surface area contributed by atoms with Crippen LogP contribution in [-0.2, 0) is 0 Å². The van der Waals surface area contributed by atoms with Gasteiger partial charge in [0.2, 0.25) is 0 Å². The Labute approximate surface area is 109 Å². The van der Waals surface area contributed by atoms with Gasteiger partial charge in [0.15, 0.2) is 0 Å². The minimum Gasteiger partial charge on any atom is -1.00 e. The molecule has 2 heteroatoms. The van der Waals surface area contributed by atoms with E-state index in [9.17, 15) is 0 Å². The van der Waals surface area contributed by atoms with Crippen molar-refractivity contribution in [2.75, 3.05) is 21.1 Å². The van der Waals surface area contributed by atoms with Crippen molar-refractivity contribution >= 4 is 0 Å². The first-order chi connectivity index (χ1) is 7.11. The summed E-state index contributed by atoms with van der Waals surface area (Å²) < 4.78 is 1.17. The van der Waals surface area contributed by atoms with Crippen LogP contribution in [-0.4, -0.2) is 31.7 Å². The lowest BCUT2D eigenvalue weighted by Gasteiger charge is -2.34. The van der Waals surface area contributed by atoms with Gasteiger partial charge in [-0.15, -0.1) is 0 Å². The van der Waals surface area contributed by atoms with E-state index in [0.717, 1.165) is 6.04 Å². The fourth-order valence-corrected chi connectivity index (χ4v) is 2.74. The third kappa shape index (κ3) is 6.75. The van der Waals surface area contributed by atoms with Crippen LogP contribution >= 0.6 is 0 Å². The van der Waals surface area contributed by atoms with Crippen molar-refractivity contribution in [1.82, 2.24) is 0 Å². The number of hydrogen-bond donors (Lipinski definition) is 0. The van der Waals surface area contributed by atoms with Gasteiger partial charge in [-0.2, -0.15) is 0 Å². The van der Waals surface area contributed by atoms with E-state index in [-0.39, 0.29) is 12.4 Å². The molecular formula is C14H30ClN. The average Bonchev–Trinajstić information content (AvgIpc) is 2.20. The van der Waals surface area contributed by atoms with E-state index in [2.05, 4.69) is 21.1 Å². The van der Waals surface area contributed by atoms with Gasteiger partial charge < -0.3 is 16.9 Å². The molecule has 0 atom stereocenters. The SMILES string of the molecule is C[N+](C)(C)C1CCCCCCCCCC1.[Cl-]. The minimum atomic E-state index is 0. The largest absolute Gasteiger partial charge is 1.00 e. The lowest BCUT2D eigenvalue weighted by atomic mass is 10.0. The van der Waals surface area contributed by atoms with Crippen LogP contribution in [0.5, 0.6) is 0 Å². The molecule has 0 aromatic heterocycles. The van der Waals surface area contributed by atoms with Gasteiger partial charge in [0.05, 0.1) is 27.2 Å². The summed E-state index contributed by atoms with van der Waals surface area (Å²) in [5.41, 5.74) is 0. The molecule has 0 spiro atoms. The van der Waals surface area contributed by atoms with Gasteiger partial charge in [-0.25, -0.2) is 0 Å². The summed E-state index contributed by atoms with van der Waals surface area (Å²) in [4.78, 5) is 0. The highest BCUT2D eigenvalue weighted by molar-refractivity contribution is 4.61. The molecule has 0 aromatic carbocycles. The van der Waals surface area contributed by atoms with E-state index < -0.39 is 0 Å². The van der Waals surface area contributed by atoms with Crippen LogP contribution in [0.25, 0.3) is 0 Å². The maximum Gasteiger partial charge on any atom is 0.0884 e. The quantitative estimate of drug-likeness (QED) is 0.606. The first-order valence-electron chi connectivity index (χ1n) is 6.92. The Balaban J connectivity index is 0.00000225. The standard InChI is InChI=1S/C14H30N.ClH/c1-15(2,3)14-12-10-8-6-4-5-7-9-11-13-14;/h14H,4-13H2,1-3H3;1H/q+1;/p-1. The van der Waals surface area contributed by atoms with Crippen molar-refractivity contribution < 1.29 is 16.9 Å². The average molecular weight is 248 g/mol. The zero-order valence-electron chi connectivity index (χ0n) is 11.5. The van der Waals surface area contributed by atoms with E-state index in [1.54, 1.807) is 0 Å². The Kier molecular flexibility index (Phi) is 8.49. The molecule has 1 rings (SSSR count). The van der Waals surface area contributed by atoms with Crippen LogP contribution in [0, 0.1) is 0 Å². The molecule has 0 N–H and O–H groups in total. The van der Waals surface area contributed by atoms with Gasteiger partial charge in [0.25, 0.3) is 0 Å². The number of quaternary nitrogens is 1. The van der Waals surface area contributed by atoms with E-state index in [1.807, 2.05) is 0 Å². The summed E-state index contributed by atoms with van der Waals surface area (Å²) in [6.07, 6.45) is 14.7. The molecule has 98 valence electrons. The van der Waals surface area contributed by atoms with Crippen LogP contribution in [0.3, 0.4) is 0 Å².